The fourth-order valence-electron chi connectivity index (χ4n) is 2.30. The molecule has 0 aliphatic rings. The molecule has 0 fully saturated rings. The Morgan fingerprint density at radius 1 is 1.10 bits per heavy atom. The summed E-state index contributed by atoms with van der Waals surface area (Å²) in [7, 11) is 0. The molecule has 0 aliphatic carbocycles. The van der Waals surface area contributed by atoms with Crippen LogP contribution in [-0.4, -0.2) is 12.1 Å². The quantitative estimate of drug-likeness (QED) is 0.612. The van der Waals surface area contributed by atoms with E-state index in [1.54, 1.807) is 0 Å². The molecule has 0 aromatic heterocycles. The van der Waals surface area contributed by atoms with Crippen LogP contribution >= 0.6 is 0 Å². The third-order valence-corrected chi connectivity index (χ3v) is 3.68. The maximum atomic E-state index is 11.8. The summed E-state index contributed by atoms with van der Waals surface area (Å²) in [5.74, 6) is 0. The van der Waals surface area contributed by atoms with E-state index >= 15 is 0 Å². The van der Waals surface area contributed by atoms with Gasteiger partial charge < -0.3 is 10.1 Å². The molecule has 0 aliphatic heterocycles. The molecule has 1 unspecified atom stereocenters. The minimum atomic E-state index is -0.306. The van der Waals surface area contributed by atoms with Crippen LogP contribution in [0.25, 0.3) is 0 Å². The van der Waals surface area contributed by atoms with Gasteiger partial charge in [-0.1, -0.05) is 76.3 Å². The van der Waals surface area contributed by atoms with Crippen molar-refractivity contribution in [2.45, 2.75) is 71.4 Å². The Balaban J connectivity index is 2.18. The van der Waals surface area contributed by atoms with Crippen molar-refractivity contribution in [2.75, 3.05) is 0 Å². The summed E-state index contributed by atoms with van der Waals surface area (Å²) < 4.78 is 5.26. The van der Waals surface area contributed by atoms with E-state index in [0.29, 0.717) is 6.61 Å². The van der Waals surface area contributed by atoms with Crippen molar-refractivity contribution in [3.05, 3.63) is 35.9 Å². The molecule has 1 rings (SSSR count). The molecule has 1 aromatic carbocycles. The van der Waals surface area contributed by atoms with E-state index in [-0.39, 0.29) is 12.1 Å². The van der Waals surface area contributed by atoms with E-state index in [0.717, 1.165) is 18.4 Å². The third kappa shape index (κ3) is 8.38. The Labute approximate surface area is 129 Å². The van der Waals surface area contributed by atoms with Gasteiger partial charge in [0.1, 0.15) is 6.61 Å². The lowest BCUT2D eigenvalue weighted by atomic mass is 10.0. The smallest absolute Gasteiger partial charge is 0.407 e. The number of amides is 1. The highest BCUT2D eigenvalue weighted by molar-refractivity contribution is 5.67. The number of alkyl carbamates (subject to hydrolysis) is 1. The molecular weight excluding hydrogens is 262 g/mol. The lowest BCUT2D eigenvalue weighted by Crippen LogP contribution is -2.34. The van der Waals surface area contributed by atoms with Crippen LogP contribution in [0.3, 0.4) is 0 Å². The van der Waals surface area contributed by atoms with E-state index < -0.39 is 0 Å². The Bertz CT molecular complexity index is 378. The molecule has 0 saturated heterocycles. The normalized spacial score (nSPS) is 11.9. The molecule has 1 amide bonds. The van der Waals surface area contributed by atoms with Crippen molar-refractivity contribution < 1.29 is 9.53 Å². The zero-order valence-corrected chi connectivity index (χ0v) is 13.4. The van der Waals surface area contributed by atoms with E-state index in [4.69, 9.17) is 4.74 Å². The number of unbranched alkanes of at least 4 members (excludes halogenated alkanes) is 4. The Kier molecular flexibility index (Phi) is 9.34. The van der Waals surface area contributed by atoms with Crippen molar-refractivity contribution in [1.29, 1.82) is 0 Å². The maximum Gasteiger partial charge on any atom is 0.407 e. The topological polar surface area (TPSA) is 38.3 Å². The first-order chi connectivity index (χ1) is 10.3. The molecule has 3 nitrogen and oxygen atoms in total. The van der Waals surface area contributed by atoms with Crippen molar-refractivity contribution >= 4 is 6.09 Å². The molecule has 1 atom stereocenters. The lowest BCUT2D eigenvalue weighted by Gasteiger charge is -2.16. The summed E-state index contributed by atoms with van der Waals surface area (Å²) in [6.45, 7) is 4.66. The Morgan fingerprint density at radius 2 is 1.81 bits per heavy atom. The molecule has 0 saturated carbocycles. The van der Waals surface area contributed by atoms with E-state index in [1.165, 1.54) is 32.1 Å². The van der Waals surface area contributed by atoms with Gasteiger partial charge in [-0.25, -0.2) is 4.79 Å². The highest BCUT2D eigenvalue weighted by Gasteiger charge is 2.11. The molecule has 0 bridgehead atoms. The molecule has 1 N–H and O–H groups in total. The van der Waals surface area contributed by atoms with Gasteiger partial charge in [0, 0.05) is 6.04 Å². The summed E-state index contributed by atoms with van der Waals surface area (Å²) in [6.07, 6.45) is 7.99. The van der Waals surface area contributed by atoms with Crippen LogP contribution in [0.5, 0.6) is 0 Å². The molecule has 1 aromatic rings. The largest absolute Gasteiger partial charge is 0.445 e. The second-order valence-electron chi connectivity index (χ2n) is 5.51. The standard InChI is InChI=1S/C18H29NO2/c1-3-5-6-7-11-14-17(4-2)19-18(20)21-15-16-12-9-8-10-13-16/h8-10,12-13,17H,3-7,11,14-15H2,1-2H3,(H,19,20). The summed E-state index contributed by atoms with van der Waals surface area (Å²) in [5.41, 5.74) is 1.01. The zero-order chi connectivity index (χ0) is 15.3. The van der Waals surface area contributed by atoms with Gasteiger partial charge in [0.05, 0.1) is 0 Å². The second kappa shape index (κ2) is 11.2. The van der Waals surface area contributed by atoms with Crippen molar-refractivity contribution in [1.82, 2.24) is 5.32 Å². The van der Waals surface area contributed by atoms with Crippen LogP contribution in [0.15, 0.2) is 30.3 Å². The lowest BCUT2D eigenvalue weighted by molar-refractivity contribution is 0.134. The maximum absolute atomic E-state index is 11.8. The van der Waals surface area contributed by atoms with Gasteiger partial charge in [0.15, 0.2) is 0 Å². The second-order valence-corrected chi connectivity index (χ2v) is 5.51. The van der Waals surface area contributed by atoms with E-state index in [9.17, 15) is 4.79 Å². The van der Waals surface area contributed by atoms with Crippen LogP contribution in [0.2, 0.25) is 0 Å². The van der Waals surface area contributed by atoms with Gasteiger partial charge >= 0.3 is 6.09 Å². The first-order valence-corrected chi connectivity index (χ1v) is 8.23. The summed E-state index contributed by atoms with van der Waals surface area (Å²) in [5, 5.41) is 2.97. The Morgan fingerprint density at radius 3 is 2.48 bits per heavy atom. The molecular formula is C18H29NO2. The highest BCUT2D eigenvalue weighted by Crippen LogP contribution is 2.09. The molecule has 118 valence electrons. The predicted octanol–water partition coefficient (Wildman–Crippen LogP) is 5.05. The summed E-state index contributed by atoms with van der Waals surface area (Å²) in [6, 6.07) is 9.99. The first-order valence-electron chi connectivity index (χ1n) is 8.23. The van der Waals surface area contributed by atoms with Gasteiger partial charge in [-0.3, -0.25) is 0 Å². The van der Waals surface area contributed by atoms with Crippen molar-refractivity contribution in [2.24, 2.45) is 0 Å². The Hall–Kier alpha value is -1.51. The van der Waals surface area contributed by atoms with Gasteiger partial charge in [-0.2, -0.15) is 0 Å². The molecule has 3 heteroatoms. The number of ether oxygens (including phenoxy) is 1. The van der Waals surface area contributed by atoms with Gasteiger partial charge in [-0.15, -0.1) is 0 Å². The minimum absolute atomic E-state index is 0.231. The van der Waals surface area contributed by atoms with Gasteiger partial charge in [0.2, 0.25) is 0 Å². The first kappa shape index (κ1) is 17.5. The van der Waals surface area contributed by atoms with Gasteiger partial charge in [0.25, 0.3) is 0 Å². The number of hydrogen-bond donors (Lipinski definition) is 1. The number of benzene rings is 1. The highest BCUT2D eigenvalue weighted by atomic mass is 16.5. The van der Waals surface area contributed by atoms with Crippen LogP contribution in [0, 0.1) is 0 Å². The number of hydrogen-bond acceptors (Lipinski definition) is 2. The average molecular weight is 291 g/mol. The number of carbonyl (C=O) groups excluding carboxylic acids is 1. The number of carbonyl (C=O) groups is 1. The van der Waals surface area contributed by atoms with Crippen LogP contribution < -0.4 is 5.32 Å². The van der Waals surface area contributed by atoms with Crippen molar-refractivity contribution in [3.63, 3.8) is 0 Å². The predicted molar refractivity (Wildman–Crippen MR) is 87.2 cm³/mol. The zero-order valence-electron chi connectivity index (χ0n) is 13.4. The van der Waals surface area contributed by atoms with Crippen LogP contribution in [0.1, 0.15) is 64.4 Å². The van der Waals surface area contributed by atoms with E-state index in [2.05, 4.69) is 19.2 Å². The molecule has 0 spiro atoms. The fourth-order valence-corrected chi connectivity index (χ4v) is 2.30. The molecule has 21 heavy (non-hydrogen) atoms. The van der Waals surface area contributed by atoms with E-state index in [1.807, 2.05) is 30.3 Å². The SMILES string of the molecule is CCCCCCCC(CC)NC(=O)OCc1ccccc1. The minimum Gasteiger partial charge on any atom is -0.445 e. The fraction of sp³-hybridized carbons (Fsp3) is 0.611. The third-order valence-electron chi connectivity index (χ3n) is 3.68. The summed E-state index contributed by atoms with van der Waals surface area (Å²) >= 11 is 0. The molecule has 0 heterocycles. The average Bonchev–Trinajstić information content (AvgIpc) is 2.52. The number of rotatable bonds is 10. The van der Waals surface area contributed by atoms with Crippen LogP contribution in [-0.2, 0) is 11.3 Å². The van der Waals surface area contributed by atoms with Gasteiger partial charge in [-0.05, 0) is 18.4 Å². The monoisotopic (exact) mass is 291 g/mol. The molecule has 0 radical (unpaired) electrons. The van der Waals surface area contributed by atoms with Crippen molar-refractivity contribution in [3.8, 4) is 0 Å². The number of nitrogens with one attached hydrogen (secondary N) is 1. The summed E-state index contributed by atoms with van der Waals surface area (Å²) in [4.78, 5) is 11.8. The van der Waals surface area contributed by atoms with Crippen LogP contribution in [0.4, 0.5) is 4.79 Å².